The Kier molecular flexibility index (Phi) is 5.70. The maximum absolute atomic E-state index is 12.9. The van der Waals surface area contributed by atoms with Crippen LogP contribution in [0.4, 0.5) is 13.2 Å². The molecule has 5 nitrogen and oxygen atoms in total. The Morgan fingerprint density at radius 3 is 2.29 bits per heavy atom. The zero-order valence-electron chi connectivity index (χ0n) is 17.1. The van der Waals surface area contributed by atoms with E-state index in [1.54, 1.807) is 29.2 Å². The number of amides is 1. The molecule has 0 spiro atoms. The van der Waals surface area contributed by atoms with Gasteiger partial charge in [-0.25, -0.2) is 0 Å². The van der Waals surface area contributed by atoms with Crippen LogP contribution in [0.2, 0.25) is 0 Å². The van der Waals surface area contributed by atoms with Gasteiger partial charge >= 0.3 is 6.18 Å². The summed E-state index contributed by atoms with van der Waals surface area (Å²) in [4.78, 5) is 14.6. The standard InChI is InChI=1S/C23H24F3NO4/c1-15-12-27(21(28)16-2-4-17(5-3-16)22(29)13-30-14-22)11-10-20(15)31-19-8-6-18(7-9-19)23(24,25)26/h2-9,15,20,29H,10-14H2,1H3. The van der Waals surface area contributed by atoms with Gasteiger partial charge in [-0.15, -0.1) is 0 Å². The molecule has 2 heterocycles. The number of likely N-dealkylation sites (tertiary alicyclic amines) is 1. The zero-order valence-corrected chi connectivity index (χ0v) is 17.1. The van der Waals surface area contributed by atoms with Crippen LogP contribution >= 0.6 is 0 Å². The lowest BCUT2D eigenvalue weighted by Gasteiger charge is -2.37. The minimum Gasteiger partial charge on any atom is -0.490 e. The predicted octanol–water partition coefficient (Wildman–Crippen LogP) is 3.85. The number of carbonyl (C=O) groups is 1. The van der Waals surface area contributed by atoms with Crippen molar-refractivity contribution in [1.29, 1.82) is 0 Å². The van der Waals surface area contributed by atoms with E-state index < -0.39 is 17.3 Å². The van der Waals surface area contributed by atoms with E-state index in [2.05, 4.69) is 0 Å². The van der Waals surface area contributed by atoms with E-state index in [4.69, 9.17) is 9.47 Å². The average Bonchev–Trinajstić information content (AvgIpc) is 2.73. The van der Waals surface area contributed by atoms with Gasteiger partial charge in [0.1, 0.15) is 17.5 Å². The lowest BCUT2D eigenvalue weighted by atomic mass is 9.91. The van der Waals surface area contributed by atoms with Gasteiger partial charge in [-0.1, -0.05) is 19.1 Å². The normalized spacial score (nSPS) is 23.2. The molecule has 2 aromatic carbocycles. The van der Waals surface area contributed by atoms with Gasteiger partial charge in [-0.3, -0.25) is 4.79 Å². The first kappa shape index (κ1) is 21.6. The first-order chi connectivity index (χ1) is 14.7. The molecule has 2 aliphatic heterocycles. The van der Waals surface area contributed by atoms with Crippen molar-refractivity contribution in [3.05, 3.63) is 65.2 Å². The van der Waals surface area contributed by atoms with Gasteiger partial charge < -0.3 is 19.5 Å². The van der Waals surface area contributed by atoms with E-state index in [0.717, 1.165) is 17.7 Å². The topological polar surface area (TPSA) is 59.0 Å². The molecule has 0 radical (unpaired) electrons. The summed E-state index contributed by atoms with van der Waals surface area (Å²) < 4.78 is 49.1. The number of benzene rings is 2. The van der Waals surface area contributed by atoms with Crippen molar-refractivity contribution >= 4 is 5.91 Å². The Morgan fingerprint density at radius 2 is 1.77 bits per heavy atom. The van der Waals surface area contributed by atoms with Crippen LogP contribution in [0.15, 0.2) is 48.5 Å². The molecule has 2 aromatic rings. The van der Waals surface area contributed by atoms with Crippen LogP contribution in [-0.4, -0.2) is 48.3 Å². The quantitative estimate of drug-likeness (QED) is 0.793. The third kappa shape index (κ3) is 4.55. The summed E-state index contributed by atoms with van der Waals surface area (Å²) in [6, 6.07) is 11.6. The average molecular weight is 435 g/mol. The second kappa shape index (κ2) is 8.16. The predicted molar refractivity (Wildman–Crippen MR) is 107 cm³/mol. The highest BCUT2D eigenvalue weighted by molar-refractivity contribution is 5.94. The molecule has 2 aliphatic rings. The van der Waals surface area contributed by atoms with E-state index in [0.29, 0.717) is 30.8 Å². The van der Waals surface area contributed by atoms with Crippen LogP contribution in [0.1, 0.15) is 34.8 Å². The second-order valence-corrected chi connectivity index (χ2v) is 8.30. The van der Waals surface area contributed by atoms with Crippen LogP contribution in [0.3, 0.4) is 0 Å². The summed E-state index contributed by atoms with van der Waals surface area (Å²) in [5, 5.41) is 10.3. The first-order valence-corrected chi connectivity index (χ1v) is 10.2. The fourth-order valence-electron chi connectivity index (χ4n) is 3.95. The maximum Gasteiger partial charge on any atom is 0.416 e. The minimum absolute atomic E-state index is 0.0205. The number of aliphatic hydroxyl groups is 1. The highest BCUT2D eigenvalue weighted by atomic mass is 19.4. The molecule has 166 valence electrons. The molecule has 1 amide bonds. The van der Waals surface area contributed by atoms with Gasteiger partial charge in [0, 0.05) is 31.0 Å². The van der Waals surface area contributed by atoms with E-state index in [1.165, 1.54) is 12.1 Å². The summed E-state index contributed by atoms with van der Waals surface area (Å²) in [6.07, 6.45) is -3.97. The molecule has 1 N–H and O–H groups in total. The highest BCUT2D eigenvalue weighted by Crippen LogP contribution is 2.32. The van der Waals surface area contributed by atoms with Gasteiger partial charge in [0.25, 0.3) is 5.91 Å². The number of carbonyl (C=O) groups excluding carboxylic acids is 1. The van der Waals surface area contributed by atoms with Crippen molar-refractivity contribution in [3.63, 3.8) is 0 Å². The number of halogens is 3. The molecule has 0 aliphatic carbocycles. The van der Waals surface area contributed by atoms with Gasteiger partial charge in [0.2, 0.25) is 0 Å². The van der Waals surface area contributed by atoms with E-state index in [-0.39, 0.29) is 31.1 Å². The van der Waals surface area contributed by atoms with Crippen LogP contribution in [-0.2, 0) is 16.5 Å². The Balaban J connectivity index is 1.35. The first-order valence-electron chi connectivity index (χ1n) is 10.2. The van der Waals surface area contributed by atoms with Gasteiger partial charge in [0.05, 0.1) is 18.8 Å². The Labute approximate surface area is 178 Å². The molecular formula is C23H24F3NO4. The van der Waals surface area contributed by atoms with Crippen LogP contribution in [0, 0.1) is 5.92 Å². The Morgan fingerprint density at radius 1 is 1.13 bits per heavy atom. The fraction of sp³-hybridized carbons (Fsp3) is 0.435. The fourth-order valence-corrected chi connectivity index (χ4v) is 3.95. The van der Waals surface area contributed by atoms with Crippen LogP contribution < -0.4 is 4.74 Å². The van der Waals surface area contributed by atoms with Crippen molar-refractivity contribution in [2.45, 2.75) is 31.2 Å². The summed E-state index contributed by atoms with van der Waals surface area (Å²) in [6.45, 7) is 3.45. The van der Waals surface area contributed by atoms with Gasteiger partial charge in [-0.05, 0) is 42.0 Å². The zero-order chi connectivity index (χ0) is 22.2. The molecule has 31 heavy (non-hydrogen) atoms. The summed E-state index contributed by atoms with van der Waals surface area (Å²) in [5.41, 5.74) is -0.408. The third-order valence-corrected chi connectivity index (χ3v) is 5.93. The van der Waals surface area contributed by atoms with Crippen molar-refractivity contribution in [2.24, 2.45) is 5.92 Å². The van der Waals surface area contributed by atoms with Crippen molar-refractivity contribution in [3.8, 4) is 5.75 Å². The number of hydrogen-bond acceptors (Lipinski definition) is 4. The molecule has 0 saturated carbocycles. The molecule has 0 bridgehead atoms. The monoisotopic (exact) mass is 435 g/mol. The summed E-state index contributed by atoms with van der Waals surface area (Å²) in [5.74, 6) is 0.313. The lowest BCUT2D eigenvalue weighted by molar-refractivity contribution is -0.184. The number of piperidine rings is 1. The van der Waals surface area contributed by atoms with Crippen LogP contribution in [0.5, 0.6) is 5.75 Å². The second-order valence-electron chi connectivity index (χ2n) is 8.30. The largest absolute Gasteiger partial charge is 0.490 e. The molecule has 2 fully saturated rings. The van der Waals surface area contributed by atoms with E-state index in [1.807, 2.05) is 6.92 Å². The maximum atomic E-state index is 12.9. The van der Waals surface area contributed by atoms with E-state index >= 15 is 0 Å². The van der Waals surface area contributed by atoms with Crippen LogP contribution in [0.25, 0.3) is 0 Å². The van der Waals surface area contributed by atoms with E-state index in [9.17, 15) is 23.1 Å². The number of hydrogen-bond donors (Lipinski definition) is 1. The SMILES string of the molecule is CC1CN(C(=O)c2ccc(C3(O)COC3)cc2)CCC1Oc1ccc(C(F)(F)F)cc1. The summed E-state index contributed by atoms with van der Waals surface area (Å²) in [7, 11) is 0. The third-order valence-electron chi connectivity index (χ3n) is 5.93. The number of nitrogens with zero attached hydrogens (tertiary/aromatic N) is 1. The summed E-state index contributed by atoms with van der Waals surface area (Å²) >= 11 is 0. The lowest BCUT2D eigenvalue weighted by Crippen LogP contribution is -2.47. The van der Waals surface area contributed by atoms with Crippen molar-refractivity contribution in [1.82, 2.24) is 4.90 Å². The Bertz CT molecular complexity index is 923. The van der Waals surface area contributed by atoms with Gasteiger partial charge in [-0.2, -0.15) is 13.2 Å². The smallest absolute Gasteiger partial charge is 0.416 e. The molecule has 0 aromatic heterocycles. The molecule has 4 rings (SSSR count). The minimum atomic E-state index is -4.38. The van der Waals surface area contributed by atoms with Gasteiger partial charge in [0.15, 0.2) is 0 Å². The molecule has 2 saturated heterocycles. The Hall–Kier alpha value is -2.58. The molecule has 2 atom stereocenters. The molecule has 8 heteroatoms. The van der Waals surface area contributed by atoms with Crippen molar-refractivity contribution < 1.29 is 32.5 Å². The number of alkyl halides is 3. The molecular weight excluding hydrogens is 411 g/mol. The number of rotatable bonds is 4. The van der Waals surface area contributed by atoms with Crippen molar-refractivity contribution in [2.75, 3.05) is 26.3 Å². The number of ether oxygens (including phenoxy) is 2. The highest BCUT2D eigenvalue weighted by Gasteiger charge is 2.38. The molecule has 2 unspecified atom stereocenters.